The Labute approximate surface area is 193 Å². The van der Waals surface area contributed by atoms with Crippen molar-refractivity contribution in [1.29, 1.82) is 0 Å². The SMILES string of the molecule is COc1cccc(C(=O)COc2ccc(N3C(=O)C4CC=CC([C@H]5C[C@H]5C)C4C3=O)cc2)c1. The lowest BCUT2D eigenvalue weighted by atomic mass is 9.75. The topological polar surface area (TPSA) is 72.9 Å². The Kier molecular flexibility index (Phi) is 5.52. The fourth-order valence-electron chi connectivity index (χ4n) is 5.20. The Bertz CT molecular complexity index is 1120. The third kappa shape index (κ3) is 3.94. The molecule has 170 valence electrons. The van der Waals surface area contributed by atoms with E-state index in [1.807, 2.05) is 0 Å². The molecule has 5 rings (SSSR count). The lowest BCUT2D eigenvalue weighted by Gasteiger charge is -2.26. The fraction of sp³-hybridized carbons (Fsp3) is 0.370. The summed E-state index contributed by atoms with van der Waals surface area (Å²) >= 11 is 0. The van der Waals surface area contributed by atoms with Crippen LogP contribution in [0.15, 0.2) is 60.7 Å². The number of allylic oxidation sites excluding steroid dienone is 2. The number of benzene rings is 2. The molecule has 33 heavy (non-hydrogen) atoms. The van der Waals surface area contributed by atoms with Gasteiger partial charge in [-0.15, -0.1) is 0 Å². The molecule has 1 aliphatic heterocycles. The zero-order valence-corrected chi connectivity index (χ0v) is 18.8. The first-order valence-corrected chi connectivity index (χ1v) is 11.4. The maximum Gasteiger partial charge on any atom is 0.238 e. The molecule has 2 fully saturated rings. The molecular formula is C27H27NO5. The summed E-state index contributed by atoms with van der Waals surface area (Å²) in [7, 11) is 1.55. The number of carbonyl (C=O) groups is 3. The van der Waals surface area contributed by atoms with Crippen molar-refractivity contribution in [2.45, 2.75) is 19.8 Å². The van der Waals surface area contributed by atoms with Crippen LogP contribution in [0.1, 0.15) is 30.1 Å². The molecule has 1 heterocycles. The van der Waals surface area contributed by atoms with Crippen molar-refractivity contribution in [1.82, 2.24) is 0 Å². The minimum atomic E-state index is -0.267. The molecule has 0 radical (unpaired) electrons. The number of imide groups is 1. The minimum absolute atomic E-state index is 0.0969. The zero-order chi connectivity index (χ0) is 23.1. The third-order valence-electron chi connectivity index (χ3n) is 7.16. The van der Waals surface area contributed by atoms with Crippen LogP contribution in [0.2, 0.25) is 0 Å². The molecule has 2 aromatic carbocycles. The smallest absolute Gasteiger partial charge is 0.238 e. The molecular weight excluding hydrogens is 418 g/mol. The van der Waals surface area contributed by atoms with E-state index in [-0.39, 0.29) is 42.0 Å². The van der Waals surface area contributed by atoms with Gasteiger partial charge < -0.3 is 9.47 Å². The summed E-state index contributed by atoms with van der Waals surface area (Å²) in [5, 5.41) is 0. The van der Waals surface area contributed by atoms with E-state index in [9.17, 15) is 14.4 Å². The van der Waals surface area contributed by atoms with E-state index in [4.69, 9.17) is 9.47 Å². The van der Waals surface area contributed by atoms with Crippen LogP contribution >= 0.6 is 0 Å². The molecule has 6 nitrogen and oxygen atoms in total. The second-order valence-electron chi connectivity index (χ2n) is 9.20. The molecule has 2 aliphatic carbocycles. The van der Waals surface area contributed by atoms with Crippen molar-refractivity contribution in [2.24, 2.45) is 29.6 Å². The normalized spacial score (nSPS) is 27.9. The molecule has 3 unspecified atom stereocenters. The average Bonchev–Trinajstić information content (AvgIpc) is 3.52. The quantitative estimate of drug-likeness (QED) is 0.361. The zero-order valence-electron chi connectivity index (χ0n) is 18.8. The number of amides is 2. The number of fused-ring (bicyclic) bond motifs is 1. The molecule has 0 spiro atoms. The van der Waals surface area contributed by atoms with Crippen LogP contribution in [0.4, 0.5) is 5.69 Å². The highest BCUT2D eigenvalue weighted by Crippen LogP contribution is 2.53. The second kappa shape index (κ2) is 8.50. The van der Waals surface area contributed by atoms with Crippen LogP contribution in [-0.2, 0) is 9.59 Å². The van der Waals surface area contributed by atoms with Crippen LogP contribution in [-0.4, -0.2) is 31.3 Å². The van der Waals surface area contributed by atoms with Gasteiger partial charge in [0.1, 0.15) is 11.5 Å². The summed E-state index contributed by atoms with van der Waals surface area (Å²) in [6.45, 7) is 2.09. The fourth-order valence-corrected chi connectivity index (χ4v) is 5.20. The molecule has 0 N–H and O–H groups in total. The Morgan fingerprint density at radius 2 is 1.82 bits per heavy atom. The van der Waals surface area contributed by atoms with Crippen LogP contribution < -0.4 is 14.4 Å². The third-order valence-corrected chi connectivity index (χ3v) is 7.16. The van der Waals surface area contributed by atoms with Crippen LogP contribution in [0, 0.1) is 29.6 Å². The van der Waals surface area contributed by atoms with Crippen LogP contribution in [0.3, 0.4) is 0 Å². The highest BCUT2D eigenvalue weighted by molar-refractivity contribution is 6.22. The molecule has 0 aromatic heterocycles. The van der Waals surface area contributed by atoms with Crippen molar-refractivity contribution in [3.8, 4) is 11.5 Å². The number of ether oxygens (including phenoxy) is 2. The predicted octanol–water partition coefficient (Wildman–Crippen LogP) is 4.29. The maximum atomic E-state index is 13.3. The van der Waals surface area contributed by atoms with E-state index in [0.29, 0.717) is 41.0 Å². The Morgan fingerprint density at radius 3 is 2.52 bits per heavy atom. The van der Waals surface area contributed by atoms with Gasteiger partial charge in [0.15, 0.2) is 12.4 Å². The van der Waals surface area contributed by atoms with E-state index in [1.54, 1.807) is 55.6 Å². The highest BCUT2D eigenvalue weighted by atomic mass is 16.5. The summed E-state index contributed by atoms with van der Waals surface area (Å²) in [5.74, 6) is 1.48. The molecule has 1 saturated carbocycles. The van der Waals surface area contributed by atoms with Gasteiger partial charge in [-0.3, -0.25) is 19.3 Å². The lowest BCUT2D eigenvalue weighted by Crippen LogP contribution is -2.32. The Balaban J connectivity index is 1.26. The van der Waals surface area contributed by atoms with Gasteiger partial charge in [0.2, 0.25) is 11.8 Å². The predicted molar refractivity (Wildman–Crippen MR) is 123 cm³/mol. The number of carbonyl (C=O) groups excluding carboxylic acids is 3. The molecule has 1 saturated heterocycles. The number of Topliss-reactive ketones (excluding diaryl/α,β-unsaturated/α-hetero) is 1. The second-order valence-corrected chi connectivity index (χ2v) is 9.20. The van der Waals surface area contributed by atoms with Crippen molar-refractivity contribution < 1.29 is 23.9 Å². The van der Waals surface area contributed by atoms with Gasteiger partial charge in [0.05, 0.1) is 24.6 Å². The summed E-state index contributed by atoms with van der Waals surface area (Å²) in [6.07, 6.45) is 5.97. The molecule has 2 aromatic rings. The Hall–Kier alpha value is -3.41. The number of methoxy groups -OCH3 is 1. The molecule has 5 atom stereocenters. The molecule has 0 bridgehead atoms. The molecule has 2 amide bonds. The first-order valence-electron chi connectivity index (χ1n) is 11.4. The van der Waals surface area contributed by atoms with Crippen molar-refractivity contribution in [3.63, 3.8) is 0 Å². The van der Waals surface area contributed by atoms with Gasteiger partial charge in [-0.05, 0) is 67.0 Å². The average molecular weight is 446 g/mol. The monoisotopic (exact) mass is 445 g/mol. The van der Waals surface area contributed by atoms with Gasteiger partial charge >= 0.3 is 0 Å². The lowest BCUT2D eigenvalue weighted by molar-refractivity contribution is -0.122. The first-order chi connectivity index (χ1) is 16.0. The van der Waals surface area contributed by atoms with Gasteiger partial charge in [0.25, 0.3) is 0 Å². The van der Waals surface area contributed by atoms with E-state index >= 15 is 0 Å². The molecule has 6 heteroatoms. The standard InChI is InChI=1S/C27H27NO5/c1-16-13-23(16)21-7-4-8-22-25(21)27(31)28(26(22)30)18-9-11-19(12-10-18)33-15-24(29)17-5-3-6-20(14-17)32-2/h3-7,9-12,14,16,21-23,25H,8,13,15H2,1-2H3/t16-,21?,22?,23+,25?/m1/s1. The van der Waals surface area contributed by atoms with Crippen LogP contribution in [0.25, 0.3) is 0 Å². The highest BCUT2D eigenvalue weighted by Gasteiger charge is 2.56. The van der Waals surface area contributed by atoms with Gasteiger partial charge in [-0.25, -0.2) is 0 Å². The van der Waals surface area contributed by atoms with E-state index in [2.05, 4.69) is 19.1 Å². The molecule has 3 aliphatic rings. The summed E-state index contributed by atoms with van der Waals surface area (Å²) in [4.78, 5) is 40.2. The first kappa shape index (κ1) is 21.4. The van der Waals surface area contributed by atoms with Crippen molar-refractivity contribution >= 4 is 23.3 Å². The minimum Gasteiger partial charge on any atom is -0.497 e. The largest absolute Gasteiger partial charge is 0.497 e. The van der Waals surface area contributed by atoms with Gasteiger partial charge in [0, 0.05) is 5.56 Å². The number of hydrogen-bond donors (Lipinski definition) is 0. The summed E-state index contributed by atoms with van der Waals surface area (Å²) in [6, 6.07) is 13.7. The van der Waals surface area contributed by atoms with E-state index in [1.165, 1.54) is 4.90 Å². The van der Waals surface area contributed by atoms with E-state index < -0.39 is 0 Å². The van der Waals surface area contributed by atoms with Crippen LogP contribution in [0.5, 0.6) is 11.5 Å². The number of nitrogens with zero attached hydrogens (tertiary/aromatic N) is 1. The Morgan fingerprint density at radius 1 is 1.06 bits per heavy atom. The number of ketones is 1. The van der Waals surface area contributed by atoms with Crippen molar-refractivity contribution in [2.75, 3.05) is 18.6 Å². The number of anilines is 1. The summed E-state index contributed by atoms with van der Waals surface area (Å²) < 4.78 is 10.8. The number of hydrogen-bond acceptors (Lipinski definition) is 5. The maximum absolute atomic E-state index is 13.3. The van der Waals surface area contributed by atoms with Gasteiger partial charge in [-0.2, -0.15) is 0 Å². The van der Waals surface area contributed by atoms with Gasteiger partial charge in [-0.1, -0.05) is 31.2 Å². The summed E-state index contributed by atoms with van der Waals surface area (Å²) in [5.41, 5.74) is 1.06. The van der Waals surface area contributed by atoms with Crippen molar-refractivity contribution in [3.05, 3.63) is 66.2 Å². The number of rotatable bonds is 7. The van der Waals surface area contributed by atoms with E-state index in [0.717, 1.165) is 6.42 Å².